The van der Waals surface area contributed by atoms with Crippen LogP contribution >= 0.6 is 0 Å². The van der Waals surface area contributed by atoms with Gasteiger partial charge in [-0.15, -0.1) is 0 Å². The molecular weight excluding hydrogens is 352 g/mol. The Kier molecular flexibility index (Phi) is 6.93. The Labute approximate surface area is 156 Å². The summed E-state index contributed by atoms with van der Waals surface area (Å²) >= 11 is 0. The van der Waals surface area contributed by atoms with Gasteiger partial charge in [-0.25, -0.2) is 0 Å². The number of benzene rings is 1. The molecule has 2 rings (SSSR count). The number of nitro benzene ring substituents is 1. The topological polar surface area (TPSA) is 127 Å². The van der Waals surface area contributed by atoms with E-state index in [9.17, 15) is 19.7 Å². The van der Waals surface area contributed by atoms with Crippen molar-refractivity contribution in [1.29, 1.82) is 0 Å². The summed E-state index contributed by atoms with van der Waals surface area (Å²) in [5.74, 6) is -0.701. The number of non-ortho nitro benzene ring substituents is 1. The normalized spacial score (nSPS) is 11.7. The zero-order valence-corrected chi connectivity index (χ0v) is 15.1. The lowest BCUT2D eigenvalue weighted by Gasteiger charge is -2.21. The Morgan fingerprint density at radius 1 is 1.15 bits per heavy atom. The zero-order valence-electron chi connectivity index (χ0n) is 15.1. The number of nitro groups is 1. The number of carbonyl (C=O) groups is 2. The van der Waals surface area contributed by atoms with Gasteiger partial charge in [0.15, 0.2) is 5.76 Å². The largest absolute Gasteiger partial charge is 0.459 e. The average Bonchev–Trinajstić information content (AvgIpc) is 3.18. The smallest absolute Gasteiger partial charge is 0.287 e. The van der Waals surface area contributed by atoms with Crippen molar-refractivity contribution in [2.75, 3.05) is 18.4 Å². The molecule has 2 aromatic rings. The Balaban J connectivity index is 1.79. The molecule has 0 fully saturated rings. The Morgan fingerprint density at radius 2 is 1.85 bits per heavy atom. The number of nitrogens with zero attached hydrogens (tertiary/aromatic N) is 1. The van der Waals surface area contributed by atoms with Gasteiger partial charge in [0.2, 0.25) is 5.91 Å². The molecule has 0 saturated carbocycles. The first-order valence-electron chi connectivity index (χ1n) is 8.49. The summed E-state index contributed by atoms with van der Waals surface area (Å²) < 4.78 is 5.03. The molecule has 0 spiro atoms. The van der Waals surface area contributed by atoms with Crippen molar-refractivity contribution >= 4 is 23.2 Å². The molecule has 0 aliphatic heterocycles. The molecule has 1 aromatic heterocycles. The predicted molar refractivity (Wildman–Crippen MR) is 99.4 cm³/mol. The van der Waals surface area contributed by atoms with Crippen molar-refractivity contribution in [2.24, 2.45) is 5.92 Å². The highest BCUT2D eigenvalue weighted by molar-refractivity contribution is 5.95. The molecule has 27 heavy (non-hydrogen) atoms. The summed E-state index contributed by atoms with van der Waals surface area (Å²) in [5, 5.41) is 19.1. The molecule has 2 amide bonds. The maximum absolute atomic E-state index is 12.4. The van der Waals surface area contributed by atoms with Gasteiger partial charge in [0, 0.05) is 30.9 Å². The number of nitrogens with one attached hydrogen (secondary N) is 3. The lowest BCUT2D eigenvalue weighted by Crippen LogP contribution is -2.50. The van der Waals surface area contributed by atoms with Crippen molar-refractivity contribution in [3.05, 3.63) is 58.5 Å². The monoisotopic (exact) mass is 374 g/mol. The van der Waals surface area contributed by atoms with Crippen LogP contribution in [0.25, 0.3) is 0 Å². The molecule has 0 aliphatic carbocycles. The van der Waals surface area contributed by atoms with Crippen LogP contribution in [0, 0.1) is 16.0 Å². The minimum atomic E-state index is -0.693. The third kappa shape index (κ3) is 5.84. The standard InChI is InChI=1S/C18H22N4O5/c1-12(2)16(21-17(23)15-4-3-11-27-15)18(24)20-10-9-19-13-5-7-14(8-6-13)22(25)26/h3-8,11-12,16,19H,9-10H2,1-2H3,(H,20,24)(H,21,23)/t16-/m0/s1. The highest BCUT2D eigenvalue weighted by atomic mass is 16.6. The van der Waals surface area contributed by atoms with E-state index < -0.39 is 16.9 Å². The molecule has 0 bridgehead atoms. The van der Waals surface area contributed by atoms with E-state index in [1.165, 1.54) is 24.5 Å². The number of furan rings is 1. The van der Waals surface area contributed by atoms with E-state index in [0.29, 0.717) is 18.8 Å². The predicted octanol–water partition coefficient (Wildman–Crippen LogP) is 2.17. The summed E-state index contributed by atoms with van der Waals surface area (Å²) in [7, 11) is 0. The Hall–Kier alpha value is -3.36. The molecule has 0 aliphatic rings. The van der Waals surface area contributed by atoms with Gasteiger partial charge >= 0.3 is 0 Å². The first-order chi connectivity index (χ1) is 12.9. The van der Waals surface area contributed by atoms with Gasteiger partial charge in [0.05, 0.1) is 11.2 Å². The fourth-order valence-electron chi connectivity index (χ4n) is 2.36. The summed E-state index contributed by atoms with van der Waals surface area (Å²) in [6, 6.07) is 8.44. The number of hydrogen-bond donors (Lipinski definition) is 3. The van der Waals surface area contributed by atoms with Gasteiger partial charge in [-0.05, 0) is 30.2 Å². The minimum Gasteiger partial charge on any atom is -0.459 e. The van der Waals surface area contributed by atoms with E-state index in [1.807, 2.05) is 13.8 Å². The summed E-state index contributed by atoms with van der Waals surface area (Å²) in [5.41, 5.74) is 0.724. The van der Waals surface area contributed by atoms with E-state index in [4.69, 9.17) is 4.42 Å². The van der Waals surface area contributed by atoms with Crippen LogP contribution in [-0.4, -0.2) is 35.9 Å². The maximum atomic E-state index is 12.4. The van der Waals surface area contributed by atoms with E-state index in [-0.39, 0.29) is 23.3 Å². The van der Waals surface area contributed by atoms with Crippen LogP contribution in [0.5, 0.6) is 0 Å². The Morgan fingerprint density at radius 3 is 2.41 bits per heavy atom. The lowest BCUT2D eigenvalue weighted by atomic mass is 10.0. The molecule has 9 nitrogen and oxygen atoms in total. The first-order valence-corrected chi connectivity index (χ1v) is 8.49. The van der Waals surface area contributed by atoms with Crippen LogP contribution in [0.3, 0.4) is 0 Å². The van der Waals surface area contributed by atoms with Crippen LogP contribution in [0.1, 0.15) is 24.4 Å². The summed E-state index contributed by atoms with van der Waals surface area (Å²) in [6.07, 6.45) is 1.39. The molecule has 1 heterocycles. The zero-order chi connectivity index (χ0) is 19.8. The van der Waals surface area contributed by atoms with E-state index in [0.717, 1.165) is 0 Å². The lowest BCUT2D eigenvalue weighted by molar-refractivity contribution is -0.384. The number of anilines is 1. The quantitative estimate of drug-likeness (QED) is 0.351. The van der Waals surface area contributed by atoms with Crippen molar-refractivity contribution in [2.45, 2.75) is 19.9 Å². The average molecular weight is 374 g/mol. The third-order valence-electron chi connectivity index (χ3n) is 3.81. The summed E-state index contributed by atoms with van der Waals surface area (Å²) in [6.45, 7) is 4.43. The van der Waals surface area contributed by atoms with Crippen molar-refractivity contribution in [1.82, 2.24) is 10.6 Å². The number of carbonyl (C=O) groups excluding carboxylic acids is 2. The molecule has 0 unspecified atom stereocenters. The van der Waals surface area contributed by atoms with Gasteiger partial charge in [-0.3, -0.25) is 19.7 Å². The highest BCUT2D eigenvalue weighted by Crippen LogP contribution is 2.14. The molecule has 1 aromatic carbocycles. The van der Waals surface area contributed by atoms with Crippen molar-refractivity contribution in [3.63, 3.8) is 0 Å². The molecule has 0 radical (unpaired) electrons. The fraction of sp³-hybridized carbons (Fsp3) is 0.333. The summed E-state index contributed by atoms with van der Waals surface area (Å²) in [4.78, 5) is 34.6. The molecule has 3 N–H and O–H groups in total. The number of rotatable bonds is 9. The molecule has 144 valence electrons. The van der Waals surface area contributed by atoms with E-state index in [1.54, 1.807) is 18.2 Å². The van der Waals surface area contributed by atoms with E-state index >= 15 is 0 Å². The maximum Gasteiger partial charge on any atom is 0.287 e. The second kappa shape index (κ2) is 9.37. The third-order valence-corrected chi connectivity index (χ3v) is 3.81. The van der Waals surface area contributed by atoms with Crippen molar-refractivity contribution in [3.8, 4) is 0 Å². The molecule has 9 heteroatoms. The second-order valence-electron chi connectivity index (χ2n) is 6.19. The van der Waals surface area contributed by atoms with Crippen LogP contribution < -0.4 is 16.0 Å². The van der Waals surface area contributed by atoms with Gasteiger partial charge in [-0.2, -0.15) is 0 Å². The Bertz CT molecular complexity index is 772. The SMILES string of the molecule is CC(C)[C@H](NC(=O)c1ccco1)C(=O)NCCNc1ccc([N+](=O)[O-])cc1. The minimum absolute atomic E-state index is 0.0147. The van der Waals surface area contributed by atoms with Crippen LogP contribution in [0.4, 0.5) is 11.4 Å². The van der Waals surface area contributed by atoms with E-state index in [2.05, 4.69) is 16.0 Å². The van der Waals surface area contributed by atoms with Gasteiger partial charge in [-0.1, -0.05) is 13.8 Å². The molecule has 0 saturated heterocycles. The van der Waals surface area contributed by atoms with Gasteiger partial charge in [0.1, 0.15) is 6.04 Å². The van der Waals surface area contributed by atoms with Gasteiger partial charge in [0.25, 0.3) is 11.6 Å². The second-order valence-corrected chi connectivity index (χ2v) is 6.19. The van der Waals surface area contributed by atoms with Crippen LogP contribution in [0.15, 0.2) is 47.1 Å². The fourth-order valence-corrected chi connectivity index (χ4v) is 2.36. The van der Waals surface area contributed by atoms with Gasteiger partial charge < -0.3 is 20.4 Å². The highest BCUT2D eigenvalue weighted by Gasteiger charge is 2.25. The van der Waals surface area contributed by atoms with Crippen LogP contribution in [-0.2, 0) is 4.79 Å². The molecular formula is C18H22N4O5. The van der Waals surface area contributed by atoms with Crippen LogP contribution in [0.2, 0.25) is 0 Å². The number of amides is 2. The molecule has 1 atom stereocenters. The number of hydrogen-bond acceptors (Lipinski definition) is 6. The first kappa shape index (κ1) is 20.0. The van der Waals surface area contributed by atoms with Crippen molar-refractivity contribution < 1.29 is 18.9 Å².